The number of aliphatic hydroxyl groups excluding tert-OH is 1. The normalized spacial score (nSPS) is 15.1. The van der Waals surface area contributed by atoms with Gasteiger partial charge in [0.25, 0.3) is 0 Å². The van der Waals surface area contributed by atoms with Gasteiger partial charge in [-0.25, -0.2) is 0 Å². The molecule has 2 unspecified atom stereocenters. The Bertz CT molecular complexity index is 301. The summed E-state index contributed by atoms with van der Waals surface area (Å²) in [6.45, 7) is 9.51. The summed E-state index contributed by atoms with van der Waals surface area (Å²) in [7, 11) is 0. The van der Waals surface area contributed by atoms with Crippen molar-refractivity contribution in [1.82, 2.24) is 10.5 Å². The van der Waals surface area contributed by atoms with Crippen molar-refractivity contribution in [2.75, 3.05) is 6.54 Å². The molecule has 0 aliphatic rings. The van der Waals surface area contributed by atoms with Crippen molar-refractivity contribution in [3.8, 4) is 0 Å². The van der Waals surface area contributed by atoms with Gasteiger partial charge in [-0.3, -0.25) is 0 Å². The van der Waals surface area contributed by atoms with Gasteiger partial charge in [-0.05, 0) is 39.7 Å². The number of aromatic nitrogens is 1. The molecule has 2 atom stereocenters. The van der Waals surface area contributed by atoms with E-state index in [9.17, 15) is 5.11 Å². The zero-order valence-corrected chi connectivity index (χ0v) is 10.6. The van der Waals surface area contributed by atoms with E-state index in [4.69, 9.17) is 4.52 Å². The molecule has 0 spiro atoms. The minimum atomic E-state index is -0.226. The molecule has 0 saturated carbocycles. The van der Waals surface area contributed by atoms with E-state index in [1.807, 2.05) is 20.8 Å². The molecule has 0 aromatic carbocycles. The van der Waals surface area contributed by atoms with E-state index in [2.05, 4.69) is 17.4 Å². The molecule has 0 aliphatic carbocycles. The molecule has 1 aromatic heterocycles. The Labute approximate surface area is 97.0 Å². The molecule has 92 valence electrons. The molecule has 1 heterocycles. The molecule has 4 nitrogen and oxygen atoms in total. The topological polar surface area (TPSA) is 58.3 Å². The van der Waals surface area contributed by atoms with Crippen LogP contribution in [0.25, 0.3) is 0 Å². The van der Waals surface area contributed by atoms with Crippen molar-refractivity contribution in [2.45, 2.75) is 46.8 Å². The second-order valence-electron chi connectivity index (χ2n) is 4.62. The van der Waals surface area contributed by atoms with Gasteiger partial charge in [0.2, 0.25) is 0 Å². The van der Waals surface area contributed by atoms with Crippen LogP contribution >= 0.6 is 0 Å². The summed E-state index contributed by atoms with van der Waals surface area (Å²) in [4.78, 5) is 0. The number of hydrogen-bond acceptors (Lipinski definition) is 4. The first-order valence-corrected chi connectivity index (χ1v) is 5.81. The average Bonchev–Trinajstić information content (AvgIpc) is 2.47. The Kier molecular flexibility index (Phi) is 4.96. The maximum Gasteiger partial charge on any atom is 0.138 e. The maximum absolute atomic E-state index is 9.24. The zero-order valence-electron chi connectivity index (χ0n) is 10.6. The monoisotopic (exact) mass is 226 g/mol. The number of hydrogen-bond donors (Lipinski definition) is 2. The van der Waals surface area contributed by atoms with Crippen molar-refractivity contribution in [3.05, 3.63) is 17.0 Å². The number of aryl methyl sites for hydroxylation is 2. The van der Waals surface area contributed by atoms with Gasteiger partial charge in [0.15, 0.2) is 0 Å². The van der Waals surface area contributed by atoms with Crippen LogP contribution in [0, 0.1) is 19.8 Å². The fourth-order valence-corrected chi connectivity index (χ4v) is 1.86. The third-order valence-corrected chi connectivity index (χ3v) is 2.72. The highest BCUT2D eigenvalue weighted by Gasteiger charge is 2.10. The summed E-state index contributed by atoms with van der Waals surface area (Å²) in [6.07, 6.45) is 0.602. The van der Waals surface area contributed by atoms with E-state index in [-0.39, 0.29) is 6.10 Å². The van der Waals surface area contributed by atoms with Crippen LogP contribution in [0.5, 0.6) is 0 Å². The molecule has 1 rings (SSSR count). The molecular weight excluding hydrogens is 204 g/mol. The van der Waals surface area contributed by atoms with Crippen molar-refractivity contribution in [3.63, 3.8) is 0 Å². The van der Waals surface area contributed by atoms with Crippen molar-refractivity contribution < 1.29 is 9.63 Å². The van der Waals surface area contributed by atoms with Crippen LogP contribution in [-0.2, 0) is 6.54 Å². The van der Waals surface area contributed by atoms with Crippen LogP contribution in [-0.4, -0.2) is 22.9 Å². The lowest BCUT2D eigenvalue weighted by molar-refractivity contribution is 0.163. The molecule has 2 N–H and O–H groups in total. The van der Waals surface area contributed by atoms with Gasteiger partial charge >= 0.3 is 0 Å². The minimum Gasteiger partial charge on any atom is -0.393 e. The number of rotatable bonds is 6. The molecule has 1 aromatic rings. The second kappa shape index (κ2) is 6.01. The van der Waals surface area contributed by atoms with Gasteiger partial charge in [0.05, 0.1) is 11.8 Å². The Morgan fingerprint density at radius 3 is 2.56 bits per heavy atom. The third kappa shape index (κ3) is 3.94. The third-order valence-electron chi connectivity index (χ3n) is 2.72. The predicted octanol–water partition coefficient (Wildman–Crippen LogP) is 1.79. The average molecular weight is 226 g/mol. The summed E-state index contributed by atoms with van der Waals surface area (Å²) in [5.41, 5.74) is 2.09. The molecule has 4 heteroatoms. The van der Waals surface area contributed by atoms with E-state index in [1.165, 1.54) is 0 Å². The number of nitrogens with zero attached hydrogens (tertiary/aromatic N) is 1. The van der Waals surface area contributed by atoms with Crippen molar-refractivity contribution in [2.24, 2.45) is 5.92 Å². The molecule has 0 aliphatic heterocycles. The lowest BCUT2D eigenvalue weighted by atomic mass is 10.0. The highest BCUT2D eigenvalue weighted by Crippen LogP contribution is 2.12. The van der Waals surface area contributed by atoms with E-state index >= 15 is 0 Å². The van der Waals surface area contributed by atoms with Gasteiger partial charge in [0.1, 0.15) is 5.76 Å². The molecule has 16 heavy (non-hydrogen) atoms. The molecule has 0 fully saturated rings. The summed E-state index contributed by atoms with van der Waals surface area (Å²) >= 11 is 0. The summed E-state index contributed by atoms with van der Waals surface area (Å²) in [5.74, 6) is 1.36. The number of aliphatic hydroxyl groups is 1. The first-order chi connectivity index (χ1) is 7.50. The van der Waals surface area contributed by atoms with Crippen molar-refractivity contribution in [1.29, 1.82) is 0 Å². The van der Waals surface area contributed by atoms with Gasteiger partial charge < -0.3 is 14.9 Å². The highest BCUT2D eigenvalue weighted by molar-refractivity contribution is 5.20. The smallest absolute Gasteiger partial charge is 0.138 e. The first-order valence-electron chi connectivity index (χ1n) is 5.81. The van der Waals surface area contributed by atoms with Crippen LogP contribution in [0.2, 0.25) is 0 Å². The Morgan fingerprint density at radius 1 is 1.38 bits per heavy atom. The SMILES string of the molecule is Cc1noc(C)c1CNCC(C)CC(C)O. The minimum absolute atomic E-state index is 0.226. The summed E-state index contributed by atoms with van der Waals surface area (Å²) in [6, 6.07) is 0. The molecule has 0 saturated heterocycles. The van der Waals surface area contributed by atoms with Crippen molar-refractivity contribution >= 4 is 0 Å². The van der Waals surface area contributed by atoms with E-state index in [0.29, 0.717) is 5.92 Å². The largest absolute Gasteiger partial charge is 0.393 e. The first kappa shape index (κ1) is 13.2. The fourth-order valence-electron chi connectivity index (χ4n) is 1.86. The fraction of sp³-hybridized carbons (Fsp3) is 0.750. The Morgan fingerprint density at radius 2 is 2.06 bits per heavy atom. The molecule has 0 radical (unpaired) electrons. The standard InChI is InChI=1S/C12H22N2O2/c1-8(5-9(2)15)6-13-7-12-10(3)14-16-11(12)4/h8-9,13,15H,5-7H2,1-4H3. The van der Waals surface area contributed by atoms with Crippen LogP contribution in [0.3, 0.4) is 0 Å². The second-order valence-corrected chi connectivity index (χ2v) is 4.62. The van der Waals surface area contributed by atoms with E-state index in [1.54, 1.807) is 0 Å². The molecule has 0 amide bonds. The van der Waals surface area contributed by atoms with Gasteiger partial charge in [-0.2, -0.15) is 0 Å². The predicted molar refractivity (Wildman–Crippen MR) is 63.1 cm³/mol. The Hall–Kier alpha value is -0.870. The van der Waals surface area contributed by atoms with E-state index < -0.39 is 0 Å². The molecule has 0 bridgehead atoms. The van der Waals surface area contributed by atoms with Crippen LogP contribution < -0.4 is 5.32 Å². The van der Waals surface area contributed by atoms with Gasteiger partial charge in [-0.15, -0.1) is 0 Å². The van der Waals surface area contributed by atoms with E-state index in [0.717, 1.165) is 36.5 Å². The Balaban J connectivity index is 2.30. The maximum atomic E-state index is 9.24. The lowest BCUT2D eigenvalue weighted by Crippen LogP contribution is -2.23. The van der Waals surface area contributed by atoms with Crippen LogP contribution in [0.4, 0.5) is 0 Å². The molecular formula is C12H22N2O2. The lowest BCUT2D eigenvalue weighted by Gasteiger charge is -2.13. The number of nitrogens with one attached hydrogen (secondary N) is 1. The van der Waals surface area contributed by atoms with Crippen LogP contribution in [0.1, 0.15) is 37.3 Å². The summed E-state index contributed by atoms with van der Waals surface area (Å²) < 4.78 is 5.09. The van der Waals surface area contributed by atoms with Gasteiger partial charge in [-0.1, -0.05) is 12.1 Å². The highest BCUT2D eigenvalue weighted by atomic mass is 16.5. The van der Waals surface area contributed by atoms with Crippen LogP contribution in [0.15, 0.2) is 4.52 Å². The van der Waals surface area contributed by atoms with Gasteiger partial charge in [0, 0.05) is 12.1 Å². The summed E-state index contributed by atoms with van der Waals surface area (Å²) in [5, 5.41) is 16.5. The quantitative estimate of drug-likeness (QED) is 0.776. The zero-order chi connectivity index (χ0) is 12.1.